The minimum atomic E-state index is -0.277. The predicted molar refractivity (Wildman–Crippen MR) is 134 cm³/mol. The lowest BCUT2D eigenvalue weighted by atomic mass is 9.87. The van der Waals surface area contributed by atoms with Crippen LogP contribution in [0.25, 0.3) is 21.9 Å². The molecule has 6 heteroatoms. The van der Waals surface area contributed by atoms with Crippen molar-refractivity contribution in [3.63, 3.8) is 0 Å². The summed E-state index contributed by atoms with van der Waals surface area (Å²) < 4.78 is 14.0. The van der Waals surface area contributed by atoms with E-state index in [-0.39, 0.29) is 17.8 Å². The molecule has 2 bridgehead atoms. The highest BCUT2D eigenvalue weighted by molar-refractivity contribution is 5.98. The fraction of sp³-hybridized carbons (Fsp3) is 0.207. The van der Waals surface area contributed by atoms with E-state index in [2.05, 4.69) is 28.5 Å². The largest absolute Gasteiger partial charge is 0.382 e. The van der Waals surface area contributed by atoms with Gasteiger partial charge in [0.25, 0.3) is 5.91 Å². The maximum atomic E-state index is 14.0. The normalized spacial score (nSPS) is 14.9. The van der Waals surface area contributed by atoms with Crippen molar-refractivity contribution in [3.05, 3.63) is 95.1 Å². The van der Waals surface area contributed by atoms with Crippen molar-refractivity contribution in [2.75, 3.05) is 18.4 Å². The van der Waals surface area contributed by atoms with Crippen LogP contribution in [0.2, 0.25) is 0 Å². The first-order valence-corrected chi connectivity index (χ1v) is 11.8. The Hall–Kier alpha value is -4.24. The van der Waals surface area contributed by atoms with Gasteiger partial charge in [-0.1, -0.05) is 18.2 Å². The number of hydrogen-bond acceptors (Lipinski definition) is 4. The van der Waals surface area contributed by atoms with Gasteiger partial charge in [0.15, 0.2) is 0 Å². The third kappa shape index (κ3) is 3.89. The average Bonchev–Trinajstić information content (AvgIpc) is 2.87. The van der Waals surface area contributed by atoms with E-state index in [1.54, 1.807) is 18.3 Å². The van der Waals surface area contributed by atoms with Crippen LogP contribution in [0.4, 0.5) is 10.1 Å². The number of aromatic nitrogens is 1. The molecule has 0 atom stereocenters. The molecule has 1 aliphatic heterocycles. The van der Waals surface area contributed by atoms with Crippen LogP contribution in [-0.2, 0) is 6.42 Å². The topological polar surface area (TPSA) is 69.0 Å². The number of nitrogens with zero attached hydrogens (tertiary/aromatic N) is 3. The number of hydrogen-bond donors (Lipinski definition) is 1. The molecule has 35 heavy (non-hydrogen) atoms. The number of fused-ring (bicyclic) bond motifs is 3. The summed E-state index contributed by atoms with van der Waals surface area (Å²) >= 11 is 0. The van der Waals surface area contributed by atoms with Crippen LogP contribution in [0.1, 0.15) is 39.9 Å². The molecule has 3 aliphatic rings. The second kappa shape index (κ2) is 8.52. The maximum Gasteiger partial charge on any atom is 0.254 e. The molecule has 2 heterocycles. The monoisotopic (exact) mass is 462 g/mol. The first-order chi connectivity index (χ1) is 17.1. The van der Waals surface area contributed by atoms with E-state index in [9.17, 15) is 14.4 Å². The van der Waals surface area contributed by atoms with Gasteiger partial charge in [-0.15, -0.1) is 0 Å². The van der Waals surface area contributed by atoms with Gasteiger partial charge in [0.2, 0.25) is 0 Å². The SMILES string of the molecule is N#Cc1cccc(-c2cc(NC3CCN(C(=O)c4cc(F)c5cc4C5)CC3)c3cnccc3c2)c1. The van der Waals surface area contributed by atoms with Crippen LogP contribution in [-0.4, -0.2) is 34.9 Å². The standard InChI is InChI=1S/C29H23FN4O/c30-27-15-25(22-12-23(27)13-22)29(35)34-8-5-24(6-9-34)33-28-14-21(11-20-4-7-32-17-26(20)28)19-3-1-2-18(10-19)16-31/h1-4,7,10-12,14-15,17,24,33H,5-6,8-9,13H2. The van der Waals surface area contributed by atoms with Crippen LogP contribution < -0.4 is 5.32 Å². The zero-order chi connectivity index (χ0) is 23.9. The Morgan fingerprint density at radius 2 is 1.89 bits per heavy atom. The van der Waals surface area contributed by atoms with Crippen LogP contribution >= 0.6 is 0 Å². The number of nitriles is 1. The van der Waals surface area contributed by atoms with Gasteiger partial charge in [-0.25, -0.2) is 4.39 Å². The first kappa shape index (κ1) is 21.3. The number of carbonyl (C=O) groups is 1. The molecular formula is C29H23FN4O. The molecule has 0 saturated carbocycles. The molecule has 4 aromatic rings. The Bertz CT molecular complexity index is 1520. The zero-order valence-corrected chi connectivity index (χ0v) is 19.1. The number of rotatable bonds is 4. The van der Waals surface area contributed by atoms with E-state index >= 15 is 0 Å². The number of anilines is 1. The molecule has 0 radical (unpaired) electrons. The van der Waals surface area contributed by atoms with Crippen molar-refractivity contribution in [1.82, 2.24) is 9.88 Å². The summed E-state index contributed by atoms with van der Waals surface area (Å²) in [6, 6.07) is 19.4. The summed E-state index contributed by atoms with van der Waals surface area (Å²) in [5, 5.41) is 15.1. The molecule has 5 nitrogen and oxygen atoms in total. The van der Waals surface area contributed by atoms with Crippen molar-refractivity contribution in [1.29, 1.82) is 5.26 Å². The lowest BCUT2D eigenvalue weighted by Crippen LogP contribution is -2.43. The molecule has 1 N–H and O–H groups in total. The van der Waals surface area contributed by atoms with Gasteiger partial charge < -0.3 is 10.2 Å². The van der Waals surface area contributed by atoms with Crippen LogP contribution in [0.15, 0.2) is 67.0 Å². The fourth-order valence-electron chi connectivity index (χ4n) is 5.09. The lowest BCUT2D eigenvalue weighted by molar-refractivity contribution is 0.0716. The zero-order valence-electron chi connectivity index (χ0n) is 19.1. The molecule has 2 aliphatic carbocycles. The van der Waals surface area contributed by atoms with E-state index in [1.165, 1.54) is 6.07 Å². The smallest absolute Gasteiger partial charge is 0.254 e. The van der Waals surface area contributed by atoms with Gasteiger partial charge in [-0.2, -0.15) is 5.26 Å². The van der Waals surface area contributed by atoms with Crippen LogP contribution in [0, 0.1) is 17.1 Å². The first-order valence-electron chi connectivity index (χ1n) is 11.8. The Labute approximate surface area is 202 Å². The molecule has 172 valence electrons. The summed E-state index contributed by atoms with van der Waals surface area (Å²) in [4.78, 5) is 19.2. The summed E-state index contributed by atoms with van der Waals surface area (Å²) in [6.07, 6.45) is 5.82. The molecule has 1 fully saturated rings. The molecule has 1 aromatic heterocycles. The number of halogens is 1. The highest BCUT2D eigenvalue weighted by Gasteiger charge is 2.29. The number of nitrogens with one attached hydrogen (secondary N) is 1. The summed E-state index contributed by atoms with van der Waals surface area (Å²) in [5.74, 6) is -0.349. The van der Waals surface area contributed by atoms with Gasteiger partial charge in [-0.05, 0) is 76.9 Å². The number of carbonyl (C=O) groups excluding carboxylic acids is 1. The number of amides is 1. The minimum Gasteiger partial charge on any atom is -0.382 e. The molecule has 3 aromatic carbocycles. The third-order valence-electron chi connectivity index (χ3n) is 7.11. The molecule has 7 rings (SSSR count). The Morgan fingerprint density at radius 1 is 1.06 bits per heavy atom. The minimum absolute atomic E-state index is 0.0716. The van der Waals surface area contributed by atoms with Crippen LogP contribution in [0.3, 0.4) is 0 Å². The van der Waals surface area contributed by atoms with Crippen molar-refractivity contribution >= 4 is 22.4 Å². The average molecular weight is 463 g/mol. The number of likely N-dealkylation sites (tertiary alicyclic amines) is 1. The van der Waals surface area contributed by atoms with E-state index in [0.29, 0.717) is 36.2 Å². The van der Waals surface area contributed by atoms with Crippen molar-refractivity contribution < 1.29 is 9.18 Å². The molecule has 0 spiro atoms. The molecule has 1 saturated heterocycles. The summed E-state index contributed by atoms with van der Waals surface area (Å²) in [7, 11) is 0. The van der Waals surface area contributed by atoms with E-state index in [0.717, 1.165) is 46.0 Å². The number of piperidine rings is 1. The van der Waals surface area contributed by atoms with E-state index in [1.807, 2.05) is 35.4 Å². The summed E-state index contributed by atoms with van der Waals surface area (Å²) in [5.41, 5.74) is 5.79. The molecule has 1 amide bonds. The van der Waals surface area contributed by atoms with Gasteiger partial charge >= 0.3 is 0 Å². The van der Waals surface area contributed by atoms with Crippen molar-refractivity contribution in [2.24, 2.45) is 0 Å². The quantitative estimate of drug-likeness (QED) is 0.381. The highest BCUT2D eigenvalue weighted by Crippen LogP contribution is 2.33. The molecular weight excluding hydrogens is 439 g/mol. The Balaban J connectivity index is 1.22. The van der Waals surface area contributed by atoms with Gasteiger partial charge in [0, 0.05) is 54.6 Å². The van der Waals surface area contributed by atoms with E-state index in [4.69, 9.17) is 0 Å². The highest BCUT2D eigenvalue weighted by atomic mass is 19.1. The second-order valence-electron chi connectivity index (χ2n) is 9.30. The maximum absolute atomic E-state index is 14.0. The number of pyridine rings is 1. The predicted octanol–water partition coefficient (Wildman–Crippen LogP) is 5.53. The number of benzene rings is 3. The fourth-order valence-corrected chi connectivity index (χ4v) is 5.09. The van der Waals surface area contributed by atoms with Crippen LogP contribution in [0.5, 0.6) is 0 Å². The van der Waals surface area contributed by atoms with Gasteiger partial charge in [0.05, 0.1) is 11.6 Å². The van der Waals surface area contributed by atoms with Gasteiger partial charge in [0.1, 0.15) is 5.82 Å². The van der Waals surface area contributed by atoms with Crippen molar-refractivity contribution in [3.8, 4) is 17.2 Å². The third-order valence-corrected chi connectivity index (χ3v) is 7.11. The molecule has 0 unspecified atom stereocenters. The summed E-state index contributed by atoms with van der Waals surface area (Å²) in [6.45, 7) is 1.25. The Kier molecular flexibility index (Phi) is 5.18. The van der Waals surface area contributed by atoms with Crippen molar-refractivity contribution in [2.45, 2.75) is 25.3 Å². The lowest BCUT2D eigenvalue weighted by Gasteiger charge is -2.34. The second-order valence-corrected chi connectivity index (χ2v) is 9.30. The van der Waals surface area contributed by atoms with E-state index < -0.39 is 0 Å². The Morgan fingerprint density at radius 3 is 2.66 bits per heavy atom. The van der Waals surface area contributed by atoms with Gasteiger partial charge in [-0.3, -0.25) is 9.78 Å².